The number of nitrogens with one attached hydrogen (secondary N) is 2. The summed E-state index contributed by atoms with van der Waals surface area (Å²) in [5.41, 5.74) is 1.31. The summed E-state index contributed by atoms with van der Waals surface area (Å²) < 4.78 is 10.6. The Kier molecular flexibility index (Phi) is 9.50. The lowest BCUT2D eigenvalue weighted by molar-refractivity contribution is -0.142. The fourth-order valence-corrected chi connectivity index (χ4v) is 4.84. The number of carbonyl (C=O) groups excluding carboxylic acids is 2. The van der Waals surface area contributed by atoms with E-state index >= 15 is 0 Å². The summed E-state index contributed by atoms with van der Waals surface area (Å²) in [6.07, 6.45) is 4.50. The predicted molar refractivity (Wildman–Crippen MR) is 135 cm³/mol. The van der Waals surface area contributed by atoms with Gasteiger partial charge >= 0.3 is 11.6 Å². The molecule has 3 rings (SSSR count). The van der Waals surface area contributed by atoms with Crippen molar-refractivity contribution in [3.63, 3.8) is 0 Å². The van der Waals surface area contributed by atoms with Crippen LogP contribution in [0.1, 0.15) is 63.0 Å². The first-order valence-electron chi connectivity index (χ1n) is 12.6. The highest BCUT2D eigenvalue weighted by Crippen LogP contribution is 2.29. The van der Waals surface area contributed by atoms with Crippen LogP contribution in [0.25, 0.3) is 11.0 Å². The lowest BCUT2D eigenvalue weighted by atomic mass is 9.81. The van der Waals surface area contributed by atoms with E-state index in [0.717, 1.165) is 23.8 Å². The van der Waals surface area contributed by atoms with Crippen LogP contribution in [0.15, 0.2) is 27.4 Å². The number of ether oxygens (including phenoxy) is 1. The normalized spacial score (nSPS) is 18.4. The zero-order chi connectivity index (χ0) is 26.2. The van der Waals surface area contributed by atoms with Gasteiger partial charge < -0.3 is 24.9 Å². The van der Waals surface area contributed by atoms with Crippen molar-refractivity contribution in [3.05, 3.63) is 39.7 Å². The number of aryl methyl sites for hydroxylation is 1. The number of carbonyl (C=O) groups is 3. The van der Waals surface area contributed by atoms with E-state index in [1.165, 1.54) is 0 Å². The van der Waals surface area contributed by atoms with Crippen LogP contribution >= 0.6 is 0 Å². The van der Waals surface area contributed by atoms with Crippen molar-refractivity contribution in [1.82, 2.24) is 10.6 Å². The van der Waals surface area contributed by atoms with E-state index in [0.29, 0.717) is 49.1 Å². The van der Waals surface area contributed by atoms with Crippen LogP contribution in [0, 0.1) is 18.8 Å². The highest BCUT2D eigenvalue weighted by Gasteiger charge is 2.29. The Morgan fingerprint density at radius 2 is 1.92 bits per heavy atom. The summed E-state index contributed by atoms with van der Waals surface area (Å²) >= 11 is 0. The molecule has 0 bridgehead atoms. The SMILES string of the molecule is CCC[C@H](NC(=O)C1CCC(CNC(=O)CCc2c(C)c3ccc(OC)cc3oc2=O)CC1)C(=O)O. The lowest BCUT2D eigenvalue weighted by Crippen LogP contribution is -2.44. The molecule has 1 aliphatic carbocycles. The first kappa shape index (κ1) is 27.2. The summed E-state index contributed by atoms with van der Waals surface area (Å²) in [7, 11) is 1.55. The van der Waals surface area contributed by atoms with Gasteiger partial charge in [-0.05, 0) is 69.1 Å². The van der Waals surface area contributed by atoms with Crippen molar-refractivity contribution in [2.45, 2.75) is 71.3 Å². The van der Waals surface area contributed by atoms with Crippen molar-refractivity contribution in [1.29, 1.82) is 0 Å². The number of carboxylic acids is 1. The molecule has 9 nitrogen and oxygen atoms in total. The molecular formula is C27H36N2O7. The van der Waals surface area contributed by atoms with E-state index in [-0.39, 0.29) is 36.5 Å². The van der Waals surface area contributed by atoms with Gasteiger partial charge in [-0.3, -0.25) is 9.59 Å². The lowest BCUT2D eigenvalue weighted by Gasteiger charge is -2.28. The van der Waals surface area contributed by atoms with Gasteiger partial charge in [-0.2, -0.15) is 0 Å². The van der Waals surface area contributed by atoms with Gasteiger partial charge in [0.05, 0.1) is 7.11 Å². The van der Waals surface area contributed by atoms with Gasteiger partial charge in [-0.25, -0.2) is 9.59 Å². The van der Waals surface area contributed by atoms with Gasteiger partial charge in [-0.1, -0.05) is 13.3 Å². The molecule has 0 unspecified atom stereocenters. The number of benzene rings is 1. The molecule has 3 N–H and O–H groups in total. The van der Waals surface area contributed by atoms with Gasteiger partial charge in [0, 0.05) is 35.9 Å². The number of hydrogen-bond acceptors (Lipinski definition) is 6. The van der Waals surface area contributed by atoms with E-state index in [2.05, 4.69) is 10.6 Å². The second-order valence-electron chi connectivity index (χ2n) is 9.56. The van der Waals surface area contributed by atoms with Crippen LogP contribution in [0.2, 0.25) is 0 Å². The third kappa shape index (κ3) is 6.86. The Morgan fingerprint density at radius 1 is 1.19 bits per heavy atom. The Morgan fingerprint density at radius 3 is 2.56 bits per heavy atom. The van der Waals surface area contributed by atoms with Crippen molar-refractivity contribution in [2.24, 2.45) is 11.8 Å². The molecule has 196 valence electrons. The van der Waals surface area contributed by atoms with E-state index in [1.807, 2.05) is 19.9 Å². The minimum Gasteiger partial charge on any atom is -0.497 e. The number of aliphatic carboxylic acids is 1. The molecule has 2 amide bonds. The first-order valence-corrected chi connectivity index (χ1v) is 12.6. The molecule has 36 heavy (non-hydrogen) atoms. The molecule has 0 spiro atoms. The molecule has 2 aromatic rings. The molecule has 0 aliphatic heterocycles. The smallest absolute Gasteiger partial charge is 0.339 e. The highest BCUT2D eigenvalue weighted by molar-refractivity contribution is 5.85. The largest absolute Gasteiger partial charge is 0.497 e. The second-order valence-corrected chi connectivity index (χ2v) is 9.56. The first-order chi connectivity index (χ1) is 17.2. The van der Waals surface area contributed by atoms with E-state index in [4.69, 9.17) is 9.15 Å². The third-order valence-electron chi connectivity index (χ3n) is 7.09. The fraction of sp³-hybridized carbons (Fsp3) is 0.556. The van der Waals surface area contributed by atoms with Gasteiger partial charge in [0.15, 0.2) is 0 Å². The van der Waals surface area contributed by atoms with Crippen molar-refractivity contribution < 1.29 is 28.6 Å². The van der Waals surface area contributed by atoms with E-state index in [1.54, 1.807) is 19.2 Å². The van der Waals surface area contributed by atoms with Crippen LogP contribution in [0.3, 0.4) is 0 Å². The number of carboxylic acid groups (broad SMARTS) is 1. The molecule has 1 saturated carbocycles. The van der Waals surface area contributed by atoms with Crippen LogP contribution in [0.5, 0.6) is 5.75 Å². The fourth-order valence-electron chi connectivity index (χ4n) is 4.84. The van der Waals surface area contributed by atoms with Crippen molar-refractivity contribution >= 4 is 28.8 Å². The highest BCUT2D eigenvalue weighted by atomic mass is 16.5. The minimum absolute atomic E-state index is 0.132. The maximum atomic E-state index is 12.5. The number of methoxy groups -OCH3 is 1. The average molecular weight is 501 g/mol. The second kappa shape index (κ2) is 12.6. The molecule has 0 saturated heterocycles. The topological polar surface area (TPSA) is 135 Å². The third-order valence-corrected chi connectivity index (χ3v) is 7.09. The summed E-state index contributed by atoms with van der Waals surface area (Å²) in [5.74, 6) is -0.642. The quantitative estimate of drug-likeness (QED) is 0.403. The summed E-state index contributed by atoms with van der Waals surface area (Å²) in [4.78, 5) is 48.7. The van der Waals surface area contributed by atoms with Gasteiger partial charge in [0.25, 0.3) is 0 Å². The molecular weight excluding hydrogens is 464 g/mol. The predicted octanol–water partition coefficient (Wildman–Crippen LogP) is 3.33. The summed E-state index contributed by atoms with van der Waals surface area (Å²) in [6.45, 7) is 4.26. The van der Waals surface area contributed by atoms with Crippen LogP contribution < -0.4 is 21.0 Å². The number of rotatable bonds is 11. The minimum atomic E-state index is -1.00. The molecule has 1 aliphatic rings. The Hall–Kier alpha value is -3.36. The van der Waals surface area contributed by atoms with E-state index < -0.39 is 17.6 Å². The van der Waals surface area contributed by atoms with Gasteiger partial charge in [-0.15, -0.1) is 0 Å². The molecule has 1 aromatic carbocycles. The average Bonchev–Trinajstić information content (AvgIpc) is 2.86. The standard InChI is InChI=1S/C27H36N2O7/c1-4-5-22(26(32)33)29-25(31)18-8-6-17(7-9-18)15-28-24(30)13-12-21-16(2)20-11-10-19(35-3)14-23(20)36-27(21)34/h10-11,14,17-18,22H,4-9,12-13,15H2,1-3H3,(H,28,30)(H,29,31)(H,32,33)/t17?,18?,22-/m0/s1. The van der Waals surface area contributed by atoms with Gasteiger partial charge in [0.2, 0.25) is 11.8 Å². The summed E-state index contributed by atoms with van der Waals surface area (Å²) in [5, 5.41) is 15.7. The zero-order valence-electron chi connectivity index (χ0n) is 21.2. The van der Waals surface area contributed by atoms with Crippen molar-refractivity contribution in [3.8, 4) is 5.75 Å². The van der Waals surface area contributed by atoms with Gasteiger partial charge in [0.1, 0.15) is 17.4 Å². The maximum Gasteiger partial charge on any atom is 0.339 e. The molecule has 1 heterocycles. The Labute approximate surface area is 210 Å². The molecule has 0 radical (unpaired) electrons. The van der Waals surface area contributed by atoms with Crippen molar-refractivity contribution in [2.75, 3.05) is 13.7 Å². The Balaban J connectivity index is 1.45. The molecule has 9 heteroatoms. The monoisotopic (exact) mass is 500 g/mol. The molecule has 1 fully saturated rings. The molecule has 1 aromatic heterocycles. The Bertz CT molecular complexity index is 1150. The summed E-state index contributed by atoms with van der Waals surface area (Å²) in [6, 6.07) is 4.49. The van der Waals surface area contributed by atoms with Crippen LogP contribution in [0.4, 0.5) is 0 Å². The van der Waals surface area contributed by atoms with Crippen LogP contribution in [-0.2, 0) is 20.8 Å². The maximum absolute atomic E-state index is 12.5. The molecule has 1 atom stereocenters. The van der Waals surface area contributed by atoms with Crippen LogP contribution in [-0.4, -0.2) is 42.6 Å². The number of amides is 2. The number of hydrogen-bond donors (Lipinski definition) is 3. The van der Waals surface area contributed by atoms with E-state index in [9.17, 15) is 24.3 Å². The zero-order valence-corrected chi connectivity index (χ0v) is 21.2. The number of fused-ring (bicyclic) bond motifs is 1.